The van der Waals surface area contributed by atoms with Crippen LogP contribution < -0.4 is 0 Å². The van der Waals surface area contributed by atoms with Crippen molar-refractivity contribution in [1.29, 1.82) is 0 Å². The molecule has 0 spiro atoms. The van der Waals surface area contributed by atoms with Crippen LogP contribution in [0.5, 0.6) is 0 Å². The zero-order chi connectivity index (χ0) is 19.5. The largest absolute Gasteiger partial charge is 0.388 e. The summed E-state index contributed by atoms with van der Waals surface area (Å²) < 4.78 is 0. The maximum Gasteiger partial charge on any atom is 0.271 e. The highest BCUT2D eigenvalue weighted by molar-refractivity contribution is 6.30. The Morgan fingerprint density at radius 2 is 1.79 bits per heavy atom. The average molecular weight is 396 g/mol. The van der Waals surface area contributed by atoms with Gasteiger partial charge in [-0.3, -0.25) is 9.89 Å². The Morgan fingerprint density at radius 1 is 1.11 bits per heavy atom. The highest BCUT2D eigenvalue weighted by Crippen LogP contribution is 2.31. The Kier molecular flexibility index (Phi) is 5.46. The number of carbonyl (C=O) groups excluding carboxylic acids is 1. The SMILES string of the molecule is O=C(c1cc(-c2ccc(Cl)cc2)n[nH]1)N1CCC(C(O)c2ccccc2)CC1. The summed E-state index contributed by atoms with van der Waals surface area (Å²) in [6.45, 7) is 1.26. The van der Waals surface area contributed by atoms with E-state index in [4.69, 9.17) is 11.6 Å². The van der Waals surface area contributed by atoms with E-state index in [1.54, 1.807) is 18.2 Å². The number of aromatic amines is 1. The summed E-state index contributed by atoms with van der Waals surface area (Å²) in [6, 6.07) is 18.9. The van der Waals surface area contributed by atoms with Gasteiger partial charge >= 0.3 is 0 Å². The van der Waals surface area contributed by atoms with Gasteiger partial charge in [0.1, 0.15) is 5.69 Å². The predicted molar refractivity (Wildman–Crippen MR) is 109 cm³/mol. The zero-order valence-corrected chi connectivity index (χ0v) is 16.1. The summed E-state index contributed by atoms with van der Waals surface area (Å²) >= 11 is 5.92. The predicted octanol–water partition coefficient (Wildman–Crippen LogP) is 4.32. The van der Waals surface area contributed by atoms with E-state index in [1.165, 1.54) is 0 Å². The van der Waals surface area contributed by atoms with Crippen LogP contribution in [0.2, 0.25) is 5.02 Å². The van der Waals surface area contributed by atoms with Gasteiger partial charge in [0.2, 0.25) is 0 Å². The second kappa shape index (κ2) is 8.17. The molecule has 0 saturated carbocycles. The van der Waals surface area contributed by atoms with E-state index >= 15 is 0 Å². The molecule has 0 radical (unpaired) electrons. The van der Waals surface area contributed by atoms with Gasteiger partial charge in [0.25, 0.3) is 5.91 Å². The Labute approximate surface area is 169 Å². The number of amides is 1. The third-order valence-electron chi connectivity index (χ3n) is 5.36. The first-order chi connectivity index (χ1) is 13.6. The minimum absolute atomic E-state index is 0.0552. The fraction of sp³-hybridized carbons (Fsp3) is 0.273. The number of aliphatic hydroxyl groups excluding tert-OH is 1. The van der Waals surface area contributed by atoms with E-state index in [-0.39, 0.29) is 11.8 Å². The number of likely N-dealkylation sites (tertiary alicyclic amines) is 1. The van der Waals surface area contributed by atoms with Crippen molar-refractivity contribution in [1.82, 2.24) is 15.1 Å². The van der Waals surface area contributed by atoms with Crippen LogP contribution in [0.4, 0.5) is 0 Å². The number of hydrogen-bond donors (Lipinski definition) is 2. The summed E-state index contributed by atoms with van der Waals surface area (Å²) in [4.78, 5) is 14.6. The summed E-state index contributed by atoms with van der Waals surface area (Å²) in [7, 11) is 0. The average Bonchev–Trinajstić information content (AvgIpc) is 3.24. The van der Waals surface area contributed by atoms with Crippen LogP contribution in [-0.2, 0) is 0 Å². The van der Waals surface area contributed by atoms with Gasteiger partial charge in [0.05, 0.1) is 11.8 Å². The summed E-state index contributed by atoms with van der Waals surface area (Å²) in [5.41, 5.74) is 3.04. The third kappa shape index (κ3) is 3.96. The lowest BCUT2D eigenvalue weighted by molar-refractivity contribution is 0.0458. The van der Waals surface area contributed by atoms with Crippen molar-refractivity contribution in [2.24, 2.45) is 5.92 Å². The molecule has 3 aromatic rings. The number of piperidine rings is 1. The minimum atomic E-state index is -0.484. The number of carbonyl (C=O) groups is 1. The minimum Gasteiger partial charge on any atom is -0.388 e. The van der Waals surface area contributed by atoms with Gasteiger partial charge in [0.15, 0.2) is 0 Å². The van der Waals surface area contributed by atoms with Crippen molar-refractivity contribution in [2.75, 3.05) is 13.1 Å². The lowest BCUT2D eigenvalue weighted by atomic mass is 9.87. The van der Waals surface area contributed by atoms with Gasteiger partial charge in [0, 0.05) is 23.7 Å². The molecule has 4 rings (SSSR count). The fourth-order valence-electron chi connectivity index (χ4n) is 3.71. The van der Waals surface area contributed by atoms with E-state index in [0.717, 1.165) is 29.7 Å². The molecule has 1 aromatic heterocycles. The van der Waals surface area contributed by atoms with E-state index in [0.29, 0.717) is 23.8 Å². The Morgan fingerprint density at radius 3 is 2.46 bits per heavy atom. The van der Waals surface area contributed by atoms with Crippen molar-refractivity contribution in [3.8, 4) is 11.3 Å². The molecule has 1 atom stereocenters. The van der Waals surface area contributed by atoms with Crippen molar-refractivity contribution in [3.05, 3.63) is 76.9 Å². The van der Waals surface area contributed by atoms with Crippen LogP contribution in [0.1, 0.15) is 35.0 Å². The maximum atomic E-state index is 12.8. The zero-order valence-electron chi connectivity index (χ0n) is 15.4. The number of benzene rings is 2. The standard InChI is InChI=1S/C22H22ClN3O2/c23-18-8-6-15(7-9-18)19-14-20(25-24-19)22(28)26-12-10-17(11-13-26)21(27)16-4-2-1-3-5-16/h1-9,14,17,21,27H,10-13H2,(H,24,25). The van der Waals surface area contributed by atoms with Crippen molar-refractivity contribution < 1.29 is 9.90 Å². The van der Waals surface area contributed by atoms with Crippen LogP contribution in [0.3, 0.4) is 0 Å². The number of halogens is 1. The topological polar surface area (TPSA) is 69.2 Å². The molecular weight excluding hydrogens is 374 g/mol. The van der Waals surface area contributed by atoms with Crippen LogP contribution in [0, 0.1) is 5.92 Å². The first-order valence-corrected chi connectivity index (χ1v) is 9.83. The van der Waals surface area contributed by atoms with Gasteiger partial charge < -0.3 is 10.0 Å². The Balaban J connectivity index is 1.38. The molecule has 2 heterocycles. The quantitative estimate of drug-likeness (QED) is 0.691. The molecule has 1 aliphatic rings. The smallest absolute Gasteiger partial charge is 0.271 e. The molecule has 0 bridgehead atoms. The molecule has 1 aliphatic heterocycles. The normalized spacial score (nSPS) is 16.1. The number of aliphatic hydroxyl groups is 1. The second-order valence-electron chi connectivity index (χ2n) is 7.16. The molecular formula is C22H22ClN3O2. The molecule has 0 aliphatic carbocycles. The first kappa shape index (κ1) is 18.7. The van der Waals surface area contributed by atoms with Gasteiger partial charge in [-0.25, -0.2) is 0 Å². The number of nitrogens with one attached hydrogen (secondary N) is 1. The van der Waals surface area contributed by atoms with E-state index in [9.17, 15) is 9.90 Å². The van der Waals surface area contributed by atoms with Crippen molar-refractivity contribution in [3.63, 3.8) is 0 Å². The van der Waals surface area contributed by atoms with Crippen LogP contribution in [0.25, 0.3) is 11.3 Å². The molecule has 1 fully saturated rings. The molecule has 28 heavy (non-hydrogen) atoms. The summed E-state index contributed by atoms with van der Waals surface area (Å²) in [5.74, 6) is 0.109. The summed E-state index contributed by atoms with van der Waals surface area (Å²) in [6.07, 6.45) is 1.07. The van der Waals surface area contributed by atoms with Crippen LogP contribution >= 0.6 is 11.6 Å². The van der Waals surface area contributed by atoms with Crippen LogP contribution in [0.15, 0.2) is 60.7 Å². The van der Waals surface area contributed by atoms with Gasteiger partial charge in [-0.15, -0.1) is 0 Å². The maximum absolute atomic E-state index is 12.8. The Bertz CT molecular complexity index is 932. The number of nitrogens with zero attached hydrogens (tertiary/aromatic N) is 2. The molecule has 2 aromatic carbocycles. The second-order valence-corrected chi connectivity index (χ2v) is 7.60. The van der Waals surface area contributed by atoms with E-state index in [1.807, 2.05) is 47.4 Å². The molecule has 1 amide bonds. The molecule has 144 valence electrons. The lowest BCUT2D eigenvalue weighted by Crippen LogP contribution is -2.40. The monoisotopic (exact) mass is 395 g/mol. The van der Waals surface area contributed by atoms with E-state index < -0.39 is 6.10 Å². The summed E-state index contributed by atoms with van der Waals surface area (Å²) in [5, 5.41) is 18.4. The fourth-order valence-corrected chi connectivity index (χ4v) is 3.84. The molecule has 1 unspecified atom stereocenters. The molecule has 5 nitrogen and oxygen atoms in total. The Hall–Kier alpha value is -2.63. The number of H-pyrrole nitrogens is 1. The number of aromatic nitrogens is 2. The van der Waals surface area contributed by atoms with Crippen molar-refractivity contribution >= 4 is 17.5 Å². The third-order valence-corrected chi connectivity index (χ3v) is 5.61. The van der Waals surface area contributed by atoms with Gasteiger partial charge in [-0.2, -0.15) is 5.10 Å². The molecule has 2 N–H and O–H groups in total. The lowest BCUT2D eigenvalue weighted by Gasteiger charge is -2.34. The van der Waals surface area contributed by atoms with Crippen molar-refractivity contribution in [2.45, 2.75) is 18.9 Å². The number of rotatable bonds is 4. The van der Waals surface area contributed by atoms with Gasteiger partial charge in [-0.1, -0.05) is 54.1 Å². The highest BCUT2D eigenvalue weighted by Gasteiger charge is 2.29. The van der Waals surface area contributed by atoms with Crippen LogP contribution in [-0.4, -0.2) is 39.2 Å². The van der Waals surface area contributed by atoms with E-state index in [2.05, 4.69) is 10.2 Å². The highest BCUT2D eigenvalue weighted by atomic mass is 35.5. The first-order valence-electron chi connectivity index (χ1n) is 9.45. The van der Waals surface area contributed by atoms with Gasteiger partial charge in [-0.05, 0) is 42.5 Å². The number of hydrogen-bond acceptors (Lipinski definition) is 3. The molecule has 1 saturated heterocycles. The molecule has 6 heteroatoms.